The minimum Gasteiger partial charge on any atom is -0.494 e. The highest BCUT2D eigenvalue weighted by molar-refractivity contribution is 5.66. The summed E-state index contributed by atoms with van der Waals surface area (Å²) in [6.07, 6.45) is -0.0173. The third-order valence-electron chi connectivity index (χ3n) is 2.71. The normalized spacial score (nSPS) is 10.6. The summed E-state index contributed by atoms with van der Waals surface area (Å²) in [6.45, 7) is 3.34. The molecular weight excluding hydrogens is 240 g/mol. The molecule has 7 heteroatoms. The fraction of sp³-hybridized carbons (Fsp3) is 0.545. The summed E-state index contributed by atoms with van der Waals surface area (Å²) >= 11 is 0. The first-order valence-electron chi connectivity index (χ1n) is 5.71. The molecule has 0 aromatic carbocycles. The van der Waals surface area contributed by atoms with Crippen molar-refractivity contribution in [3.63, 3.8) is 0 Å². The van der Waals surface area contributed by atoms with Crippen LogP contribution in [-0.2, 0) is 24.3 Å². The van der Waals surface area contributed by atoms with Crippen LogP contribution in [0.1, 0.15) is 25.8 Å². The van der Waals surface area contributed by atoms with Crippen LogP contribution >= 0.6 is 0 Å². The zero-order valence-corrected chi connectivity index (χ0v) is 10.3. The molecule has 1 aromatic rings. The smallest absolute Gasteiger partial charge is 0.333 e. The Balaban J connectivity index is 3.46. The van der Waals surface area contributed by atoms with Crippen LogP contribution in [0.2, 0.25) is 0 Å². The zero-order chi connectivity index (χ0) is 13.9. The molecule has 0 atom stereocenters. The molecule has 0 unspecified atom stereocenters. The molecule has 7 nitrogen and oxygen atoms in total. The van der Waals surface area contributed by atoms with Gasteiger partial charge in [0.15, 0.2) is 0 Å². The molecule has 0 aliphatic rings. The second-order valence-electron chi connectivity index (χ2n) is 3.78. The summed E-state index contributed by atoms with van der Waals surface area (Å²) in [7, 11) is 0. The van der Waals surface area contributed by atoms with E-state index in [1.165, 1.54) is 0 Å². The van der Waals surface area contributed by atoms with Crippen LogP contribution in [0.3, 0.4) is 0 Å². The predicted octanol–water partition coefficient (Wildman–Crippen LogP) is -0.227. The van der Waals surface area contributed by atoms with Gasteiger partial charge < -0.3 is 10.2 Å². The van der Waals surface area contributed by atoms with Gasteiger partial charge in [-0.1, -0.05) is 6.92 Å². The molecular formula is C11H16N2O5. The van der Waals surface area contributed by atoms with Gasteiger partial charge in [-0.2, -0.15) is 0 Å². The maximum Gasteiger partial charge on any atom is 0.333 e. The minimum absolute atomic E-state index is 0.127. The van der Waals surface area contributed by atoms with Gasteiger partial charge in [0.05, 0.1) is 12.0 Å². The van der Waals surface area contributed by atoms with E-state index in [4.69, 9.17) is 5.11 Å². The summed E-state index contributed by atoms with van der Waals surface area (Å²) in [5.41, 5.74) is -1.07. The average Bonchev–Trinajstić information content (AvgIpc) is 2.29. The van der Waals surface area contributed by atoms with E-state index in [0.29, 0.717) is 0 Å². The molecule has 0 radical (unpaired) electrons. The van der Waals surface area contributed by atoms with Gasteiger partial charge in [-0.25, -0.2) is 4.79 Å². The lowest BCUT2D eigenvalue weighted by Crippen LogP contribution is -2.41. The number of rotatable bonds is 5. The molecule has 0 aliphatic carbocycles. The Morgan fingerprint density at radius 3 is 2.28 bits per heavy atom. The van der Waals surface area contributed by atoms with Gasteiger partial charge in [-0.05, 0) is 13.3 Å². The lowest BCUT2D eigenvalue weighted by atomic mass is 10.2. The third-order valence-corrected chi connectivity index (χ3v) is 2.71. The summed E-state index contributed by atoms with van der Waals surface area (Å²) in [4.78, 5) is 34.2. The maximum atomic E-state index is 11.9. The molecule has 100 valence electrons. The van der Waals surface area contributed by atoms with Crippen molar-refractivity contribution in [3.05, 3.63) is 26.4 Å². The molecule has 0 bridgehead atoms. The average molecular weight is 256 g/mol. The van der Waals surface area contributed by atoms with Gasteiger partial charge in [0.2, 0.25) is 5.88 Å². The Hall–Kier alpha value is -2.05. The van der Waals surface area contributed by atoms with Crippen molar-refractivity contribution in [2.75, 3.05) is 0 Å². The van der Waals surface area contributed by atoms with Crippen LogP contribution in [0.15, 0.2) is 9.59 Å². The van der Waals surface area contributed by atoms with Gasteiger partial charge in [0, 0.05) is 13.1 Å². The van der Waals surface area contributed by atoms with Crippen molar-refractivity contribution in [3.8, 4) is 5.88 Å². The minimum atomic E-state index is -1.08. The van der Waals surface area contributed by atoms with Crippen molar-refractivity contribution in [2.24, 2.45) is 0 Å². The van der Waals surface area contributed by atoms with E-state index in [0.717, 1.165) is 9.13 Å². The van der Waals surface area contributed by atoms with Crippen LogP contribution < -0.4 is 11.2 Å². The second-order valence-corrected chi connectivity index (χ2v) is 3.78. The van der Waals surface area contributed by atoms with Crippen molar-refractivity contribution in [1.82, 2.24) is 9.13 Å². The van der Waals surface area contributed by atoms with Crippen LogP contribution in [0, 0.1) is 0 Å². The van der Waals surface area contributed by atoms with Crippen LogP contribution in [0.5, 0.6) is 5.88 Å². The first-order chi connectivity index (χ1) is 8.43. The molecule has 0 fully saturated rings. The van der Waals surface area contributed by atoms with E-state index in [2.05, 4.69) is 0 Å². The summed E-state index contributed by atoms with van der Waals surface area (Å²) in [5, 5.41) is 18.4. The highest BCUT2D eigenvalue weighted by Gasteiger charge is 2.16. The number of carboxylic acids is 1. The Kier molecular flexibility index (Phi) is 4.30. The number of aliphatic carboxylic acids is 1. The Morgan fingerprint density at radius 2 is 1.83 bits per heavy atom. The van der Waals surface area contributed by atoms with Gasteiger partial charge in [-0.15, -0.1) is 0 Å². The molecule has 1 heterocycles. The van der Waals surface area contributed by atoms with Crippen molar-refractivity contribution < 1.29 is 15.0 Å². The van der Waals surface area contributed by atoms with E-state index in [-0.39, 0.29) is 31.5 Å². The van der Waals surface area contributed by atoms with Crippen LogP contribution in [0.25, 0.3) is 0 Å². The summed E-state index contributed by atoms with van der Waals surface area (Å²) in [5.74, 6) is -1.51. The Labute approximate surface area is 103 Å². The predicted molar refractivity (Wildman–Crippen MR) is 63.9 cm³/mol. The molecule has 0 saturated carbocycles. The fourth-order valence-corrected chi connectivity index (χ4v) is 1.74. The number of carboxylic acid groups (broad SMARTS) is 1. The van der Waals surface area contributed by atoms with Crippen molar-refractivity contribution in [2.45, 2.75) is 39.8 Å². The molecule has 0 spiro atoms. The number of aromatic hydroxyl groups is 1. The van der Waals surface area contributed by atoms with E-state index in [9.17, 15) is 19.5 Å². The molecule has 1 aromatic heterocycles. The lowest BCUT2D eigenvalue weighted by molar-refractivity contribution is -0.137. The Bertz CT molecular complexity index is 570. The standard InChI is InChI=1S/C11H16N2O5/c1-3-7-9(16)12(4-2)11(18)13(10(7)17)6-5-8(14)15/h17H,3-6H2,1-2H3,(H,14,15). The first kappa shape index (κ1) is 14.0. The number of hydrogen-bond donors (Lipinski definition) is 2. The van der Waals surface area contributed by atoms with Gasteiger partial charge in [0.25, 0.3) is 5.56 Å². The van der Waals surface area contributed by atoms with E-state index >= 15 is 0 Å². The highest BCUT2D eigenvalue weighted by Crippen LogP contribution is 2.11. The van der Waals surface area contributed by atoms with E-state index in [1.54, 1.807) is 13.8 Å². The van der Waals surface area contributed by atoms with Gasteiger partial charge >= 0.3 is 11.7 Å². The molecule has 1 rings (SSSR count). The summed E-state index contributed by atoms with van der Waals surface area (Å²) in [6, 6.07) is 0. The summed E-state index contributed by atoms with van der Waals surface area (Å²) < 4.78 is 1.91. The maximum absolute atomic E-state index is 11.9. The van der Waals surface area contributed by atoms with Crippen molar-refractivity contribution >= 4 is 5.97 Å². The number of aromatic nitrogens is 2. The van der Waals surface area contributed by atoms with E-state index < -0.39 is 23.1 Å². The molecule has 0 aliphatic heterocycles. The third kappa shape index (κ3) is 2.44. The van der Waals surface area contributed by atoms with Gasteiger partial charge in [0.1, 0.15) is 0 Å². The first-order valence-corrected chi connectivity index (χ1v) is 5.71. The second kappa shape index (κ2) is 5.52. The quantitative estimate of drug-likeness (QED) is 0.758. The number of carbonyl (C=O) groups is 1. The lowest BCUT2D eigenvalue weighted by Gasteiger charge is -2.13. The molecule has 0 saturated heterocycles. The van der Waals surface area contributed by atoms with Crippen molar-refractivity contribution in [1.29, 1.82) is 0 Å². The monoisotopic (exact) mass is 256 g/mol. The SMILES string of the molecule is CCc1c(O)n(CCC(=O)O)c(=O)n(CC)c1=O. The highest BCUT2D eigenvalue weighted by atomic mass is 16.4. The molecule has 18 heavy (non-hydrogen) atoms. The van der Waals surface area contributed by atoms with Gasteiger partial charge in [-0.3, -0.25) is 18.7 Å². The number of nitrogens with zero attached hydrogens (tertiary/aromatic N) is 2. The topological polar surface area (TPSA) is 102 Å². The fourth-order valence-electron chi connectivity index (χ4n) is 1.74. The molecule has 0 amide bonds. The Morgan fingerprint density at radius 1 is 1.22 bits per heavy atom. The zero-order valence-electron chi connectivity index (χ0n) is 10.3. The van der Waals surface area contributed by atoms with Crippen LogP contribution in [-0.4, -0.2) is 25.3 Å². The van der Waals surface area contributed by atoms with Crippen LogP contribution in [0.4, 0.5) is 0 Å². The largest absolute Gasteiger partial charge is 0.494 e. The van der Waals surface area contributed by atoms with E-state index in [1.807, 2.05) is 0 Å². The molecule has 2 N–H and O–H groups in total. The number of hydrogen-bond acceptors (Lipinski definition) is 4.